The number of aryl methyl sites for hydroxylation is 2. The number of para-hydroxylation sites is 1. The molecule has 4 rings (SSSR count). The highest BCUT2D eigenvalue weighted by Crippen LogP contribution is 2.19. The van der Waals surface area contributed by atoms with Crippen molar-refractivity contribution in [3.05, 3.63) is 76.5 Å². The van der Waals surface area contributed by atoms with Gasteiger partial charge < -0.3 is 5.32 Å². The fourth-order valence-corrected chi connectivity index (χ4v) is 2.86. The van der Waals surface area contributed by atoms with E-state index in [4.69, 9.17) is 0 Å². The van der Waals surface area contributed by atoms with E-state index in [0.29, 0.717) is 11.4 Å². The molecule has 3 heterocycles. The van der Waals surface area contributed by atoms with Gasteiger partial charge in [0.2, 0.25) is 0 Å². The van der Waals surface area contributed by atoms with Gasteiger partial charge >= 0.3 is 0 Å². The molecule has 27 heavy (non-hydrogen) atoms. The second-order valence-electron chi connectivity index (χ2n) is 6.06. The predicted molar refractivity (Wildman–Crippen MR) is 101 cm³/mol. The van der Waals surface area contributed by atoms with Crippen LogP contribution in [0.3, 0.4) is 0 Å². The molecule has 134 valence electrons. The fourth-order valence-electron chi connectivity index (χ4n) is 2.86. The maximum atomic E-state index is 12.6. The summed E-state index contributed by atoms with van der Waals surface area (Å²) in [4.78, 5) is 29.0. The largest absolute Gasteiger partial charge is 0.319 e. The number of pyridine rings is 1. The number of rotatable bonds is 3. The van der Waals surface area contributed by atoms with E-state index < -0.39 is 5.91 Å². The van der Waals surface area contributed by atoms with E-state index in [1.165, 1.54) is 16.8 Å². The standard InChI is InChI=1S/C19H16N6O2/c1-12-15-10-13(11-20-18(15)24(2)22-12)21-19(27)16-8-9-17(26)25(23-16)14-6-4-3-5-7-14/h3-11H,1-2H3,(H,21,27). The third kappa shape index (κ3) is 3.08. The van der Waals surface area contributed by atoms with Gasteiger partial charge in [0.1, 0.15) is 5.69 Å². The second kappa shape index (κ2) is 6.49. The first-order valence-electron chi connectivity index (χ1n) is 8.29. The third-order valence-electron chi connectivity index (χ3n) is 4.15. The zero-order valence-electron chi connectivity index (χ0n) is 14.7. The van der Waals surface area contributed by atoms with Gasteiger partial charge in [-0.2, -0.15) is 14.9 Å². The maximum Gasteiger partial charge on any atom is 0.276 e. The number of aromatic nitrogens is 5. The van der Waals surface area contributed by atoms with E-state index >= 15 is 0 Å². The van der Waals surface area contributed by atoms with Gasteiger partial charge in [0, 0.05) is 18.5 Å². The zero-order valence-corrected chi connectivity index (χ0v) is 14.7. The number of hydrogen-bond donors (Lipinski definition) is 1. The van der Waals surface area contributed by atoms with Crippen molar-refractivity contribution in [3.63, 3.8) is 0 Å². The summed E-state index contributed by atoms with van der Waals surface area (Å²) < 4.78 is 2.88. The Balaban J connectivity index is 1.66. The number of hydrogen-bond acceptors (Lipinski definition) is 5. The molecule has 0 saturated carbocycles. The molecule has 4 aromatic rings. The number of carbonyl (C=O) groups is 1. The van der Waals surface area contributed by atoms with Crippen LogP contribution in [0.15, 0.2) is 59.5 Å². The van der Waals surface area contributed by atoms with Crippen LogP contribution in [0.25, 0.3) is 16.7 Å². The number of nitrogens with zero attached hydrogens (tertiary/aromatic N) is 5. The van der Waals surface area contributed by atoms with Gasteiger partial charge in [-0.05, 0) is 31.2 Å². The van der Waals surface area contributed by atoms with Gasteiger partial charge in [-0.1, -0.05) is 18.2 Å². The lowest BCUT2D eigenvalue weighted by Gasteiger charge is -2.08. The molecule has 0 aliphatic carbocycles. The molecule has 0 unspecified atom stereocenters. The Morgan fingerprint density at radius 1 is 1.07 bits per heavy atom. The minimum atomic E-state index is -0.428. The summed E-state index contributed by atoms with van der Waals surface area (Å²) in [5.41, 5.74) is 2.50. The van der Waals surface area contributed by atoms with Crippen LogP contribution in [0, 0.1) is 6.92 Å². The van der Waals surface area contributed by atoms with Crippen LogP contribution in [-0.2, 0) is 7.05 Å². The summed E-state index contributed by atoms with van der Waals surface area (Å²) in [6.45, 7) is 1.88. The van der Waals surface area contributed by atoms with Crippen molar-refractivity contribution in [2.45, 2.75) is 6.92 Å². The molecule has 0 atom stereocenters. The normalized spacial score (nSPS) is 10.9. The van der Waals surface area contributed by atoms with Crippen molar-refractivity contribution >= 4 is 22.6 Å². The third-order valence-corrected chi connectivity index (χ3v) is 4.15. The Morgan fingerprint density at radius 2 is 1.85 bits per heavy atom. The van der Waals surface area contributed by atoms with Gasteiger partial charge in [-0.25, -0.2) is 4.98 Å². The summed E-state index contributed by atoms with van der Waals surface area (Å²) in [5, 5.41) is 12.1. The minimum absolute atomic E-state index is 0.126. The minimum Gasteiger partial charge on any atom is -0.319 e. The maximum absolute atomic E-state index is 12.6. The fraction of sp³-hybridized carbons (Fsp3) is 0.105. The van der Waals surface area contributed by atoms with Crippen molar-refractivity contribution in [1.29, 1.82) is 0 Å². The lowest BCUT2D eigenvalue weighted by atomic mass is 10.2. The van der Waals surface area contributed by atoms with Gasteiger partial charge in [0.05, 0.1) is 23.3 Å². The van der Waals surface area contributed by atoms with Crippen LogP contribution in [-0.4, -0.2) is 30.5 Å². The van der Waals surface area contributed by atoms with Crippen molar-refractivity contribution in [1.82, 2.24) is 24.5 Å². The van der Waals surface area contributed by atoms with E-state index in [1.807, 2.05) is 26.1 Å². The molecule has 0 radical (unpaired) electrons. The topological polar surface area (TPSA) is 94.7 Å². The van der Waals surface area contributed by atoms with E-state index in [9.17, 15) is 9.59 Å². The van der Waals surface area contributed by atoms with Gasteiger partial charge in [-0.15, -0.1) is 0 Å². The molecular formula is C19H16N6O2. The number of benzene rings is 1. The monoisotopic (exact) mass is 360 g/mol. The first kappa shape index (κ1) is 16.6. The summed E-state index contributed by atoms with van der Waals surface area (Å²) in [7, 11) is 1.82. The van der Waals surface area contributed by atoms with Crippen LogP contribution < -0.4 is 10.9 Å². The molecular weight excluding hydrogens is 344 g/mol. The lowest BCUT2D eigenvalue weighted by Crippen LogP contribution is -2.24. The van der Waals surface area contributed by atoms with Crippen molar-refractivity contribution in [3.8, 4) is 5.69 Å². The van der Waals surface area contributed by atoms with E-state index in [2.05, 4.69) is 20.5 Å². The van der Waals surface area contributed by atoms with Gasteiger partial charge in [-0.3, -0.25) is 14.3 Å². The summed E-state index contributed by atoms with van der Waals surface area (Å²) in [6.07, 6.45) is 1.56. The SMILES string of the molecule is Cc1nn(C)c2ncc(NC(=O)c3ccc(=O)n(-c4ccccc4)n3)cc12. The molecule has 0 saturated heterocycles. The lowest BCUT2D eigenvalue weighted by molar-refractivity contribution is 0.102. The van der Waals surface area contributed by atoms with Crippen LogP contribution in [0.5, 0.6) is 0 Å². The number of anilines is 1. The highest BCUT2D eigenvalue weighted by molar-refractivity contribution is 6.03. The highest BCUT2D eigenvalue weighted by Gasteiger charge is 2.13. The quantitative estimate of drug-likeness (QED) is 0.603. The van der Waals surface area contributed by atoms with E-state index in [0.717, 1.165) is 16.7 Å². The van der Waals surface area contributed by atoms with Crippen LogP contribution >= 0.6 is 0 Å². The van der Waals surface area contributed by atoms with Gasteiger partial charge in [0.15, 0.2) is 5.65 Å². The molecule has 0 spiro atoms. The average molecular weight is 360 g/mol. The van der Waals surface area contributed by atoms with Crippen molar-refractivity contribution in [2.24, 2.45) is 7.05 Å². The van der Waals surface area contributed by atoms with Crippen molar-refractivity contribution < 1.29 is 4.79 Å². The molecule has 0 bridgehead atoms. The van der Waals surface area contributed by atoms with Crippen LogP contribution in [0.4, 0.5) is 5.69 Å². The molecule has 0 aliphatic rings. The zero-order chi connectivity index (χ0) is 19.0. The van der Waals surface area contributed by atoms with E-state index in [1.54, 1.807) is 35.1 Å². The van der Waals surface area contributed by atoms with Gasteiger partial charge in [0.25, 0.3) is 11.5 Å². The summed E-state index contributed by atoms with van der Waals surface area (Å²) in [6, 6.07) is 13.5. The number of carbonyl (C=O) groups excluding carboxylic acids is 1. The molecule has 1 aromatic carbocycles. The number of fused-ring (bicyclic) bond motifs is 1. The number of amides is 1. The van der Waals surface area contributed by atoms with E-state index in [-0.39, 0.29) is 11.3 Å². The second-order valence-corrected chi connectivity index (χ2v) is 6.06. The Morgan fingerprint density at radius 3 is 2.63 bits per heavy atom. The smallest absolute Gasteiger partial charge is 0.276 e. The Kier molecular flexibility index (Phi) is 4.00. The predicted octanol–water partition coefficient (Wildman–Crippen LogP) is 2.07. The summed E-state index contributed by atoms with van der Waals surface area (Å²) >= 11 is 0. The van der Waals surface area contributed by atoms with Crippen LogP contribution in [0.2, 0.25) is 0 Å². The Bertz CT molecular complexity index is 1210. The van der Waals surface area contributed by atoms with Crippen molar-refractivity contribution in [2.75, 3.05) is 5.32 Å². The molecule has 8 heteroatoms. The molecule has 8 nitrogen and oxygen atoms in total. The number of nitrogens with one attached hydrogen (secondary N) is 1. The Hall–Kier alpha value is -3.81. The first-order valence-corrected chi connectivity index (χ1v) is 8.29. The molecule has 1 N–H and O–H groups in total. The molecule has 0 aliphatic heterocycles. The average Bonchev–Trinajstić information content (AvgIpc) is 2.96. The molecule has 3 aromatic heterocycles. The summed E-state index contributed by atoms with van der Waals surface area (Å²) in [5.74, 6) is -0.428. The van der Waals surface area contributed by atoms with Crippen LogP contribution in [0.1, 0.15) is 16.2 Å². The Labute approximate surface area is 154 Å². The molecule has 0 fully saturated rings. The molecule has 1 amide bonds. The highest BCUT2D eigenvalue weighted by atomic mass is 16.2. The first-order chi connectivity index (χ1) is 13.0.